The molecule has 2 rings (SSSR count). The summed E-state index contributed by atoms with van der Waals surface area (Å²) in [6.07, 6.45) is 1.73. The highest BCUT2D eigenvalue weighted by atomic mass is 35.5. The smallest absolute Gasteiger partial charge is 0.241 e. The highest BCUT2D eigenvalue weighted by molar-refractivity contribution is 7.98. The first kappa shape index (κ1) is 15.8. The fraction of sp³-hybridized carbons (Fsp3) is 0.200. The van der Waals surface area contributed by atoms with Gasteiger partial charge in [0.1, 0.15) is 5.03 Å². The highest BCUT2D eigenvalue weighted by Crippen LogP contribution is 2.27. The molecule has 1 aromatic carbocycles. The number of carbonyl (C=O) groups is 1. The summed E-state index contributed by atoms with van der Waals surface area (Å²) in [4.78, 5) is 15.7. The first-order valence-electron chi connectivity index (χ1n) is 6.44. The lowest BCUT2D eigenvalue weighted by atomic mass is 10.00. The zero-order chi connectivity index (χ0) is 15.2. The van der Waals surface area contributed by atoms with E-state index in [0.717, 1.165) is 21.9 Å². The van der Waals surface area contributed by atoms with Gasteiger partial charge >= 0.3 is 0 Å². The number of aromatic nitrogens is 1. The Balaban J connectivity index is 2.00. The molecule has 0 aliphatic rings. The van der Waals surface area contributed by atoms with E-state index in [9.17, 15) is 4.79 Å². The van der Waals surface area contributed by atoms with E-state index in [1.165, 1.54) is 0 Å². The third-order valence-electron chi connectivity index (χ3n) is 3.12. The minimum Gasteiger partial charge on any atom is -0.294 e. The van der Waals surface area contributed by atoms with E-state index in [-0.39, 0.29) is 11.8 Å². The van der Waals surface area contributed by atoms with Gasteiger partial charge in [-0.1, -0.05) is 35.9 Å². The topological polar surface area (TPSA) is 68.0 Å². The van der Waals surface area contributed by atoms with Crippen LogP contribution >= 0.6 is 23.4 Å². The van der Waals surface area contributed by atoms with Crippen molar-refractivity contribution in [2.75, 3.05) is 0 Å². The van der Waals surface area contributed by atoms with E-state index >= 15 is 0 Å². The Morgan fingerprint density at radius 2 is 2.10 bits per heavy atom. The monoisotopic (exact) mass is 321 g/mol. The predicted octanol–water partition coefficient (Wildman–Crippen LogP) is 3.12. The number of hydrazine groups is 1. The number of nitrogens with one attached hydrogen (secondary N) is 1. The van der Waals surface area contributed by atoms with Crippen molar-refractivity contribution in [2.45, 2.75) is 23.6 Å². The second-order valence-electron chi connectivity index (χ2n) is 4.55. The molecule has 3 N–H and O–H groups in total. The summed E-state index contributed by atoms with van der Waals surface area (Å²) in [5.74, 6) is 5.46. The molecule has 0 bridgehead atoms. The van der Waals surface area contributed by atoms with Crippen molar-refractivity contribution in [1.29, 1.82) is 0 Å². The van der Waals surface area contributed by atoms with Crippen LogP contribution < -0.4 is 11.3 Å². The minimum atomic E-state index is -0.262. The Kier molecular flexibility index (Phi) is 5.61. The SMILES string of the molecule is CC(C(=O)NN)c1ccc(CSc2ncccc2Cl)cc1. The molecule has 4 nitrogen and oxygen atoms in total. The first-order valence-corrected chi connectivity index (χ1v) is 7.80. The molecule has 0 fully saturated rings. The Morgan fingerprint density at radius 1 is 1.38 bits per heavy atom. The number of nitrogens with two attached hydrogens (primary N) is 1. The molecule has 21 heavy (non-hydrogen) atoms. The van der Waals surface area contributed by atoms with Crippen molar-refractivity contribution in [3.63, 3.8) is 0 Å². The van der Waals surface area contributed by atoms with Crippen LogP contribution in [0.4, 0.5) is 0 Å². The van der Waals surface area contributed by atoms with Gasteiger partial charge in [-0.2, -0.15) is 0 Å². The van der Waals surface area contributed by atoms with E-state index in [1.54, 1.807) is 18.0 Å². The van der Waals surface area contributed by atoms with Crippen molar-refractivity contribution in [3.05, 3.63) is 58.7 Å². The number of pyridine rings is 1. The third-order valence-corrected chi connectivity index (χ3v) is 4.61. The normalized spacial score (nSPS) is 12.0. The van der Waals surface area contributed by atoms with Gasteiger partial charge in [-0.25, -0.2) is 10.8 Å². The van der Waals surface area contributed by atoms with Crippen LogP contribution in [0.25, 0.3) is 0 Å². The van der Waals surface area contributed by atoms with Crippen LogP contribution in [0.5, 0.6) is 0 Å². The number of nitrogens with zero attached hydrogens (tertiary/aromatic N) is 1. The summed E-state index contributed by atoms with van der Waals surface area (Å²) in [5.41, 5.74) is 4.24. The standard InChI is InChI=1S/C15H16ClN3OS/c1-10(14(20)19-17)12-6-4-11(5-7-12)9-21-15-13(16)3-2-8-18-15/h2-8,10H,9,17H2,1H3,(H,19,20). The molecule has 0 radical (unpaired) electrons. The summed E-state index contributed by atoms with van der Waals surface area (Å²) in [6.45, 7) is 1.82. The Hall–Kier alpha value is -1.56. The number of rotatable bonds is 5. The highest BCUT2D eigenvalue weighted by Gasteiger charge is 2.13. The molecule has 0 spiro atoms. The molecule has 1 unspecified atom stereocenters. The summed E-state index contributed by atoms with van der Waals surface area (Å²) in [5, 5.41) is 1.48. The van der Waals surface area contributed by atoms with Gasteiger partial charge in [-0.05, 0) is 30.2 Å². The molecule has 0 saturated heterocycles. The second kappa shape index (κ2) is 7.45. The van der Waals surface area contributed by atoms with Gasteiger partial charge in [-0.3, -0.25) is 10.2 Å². The largest absolute Gasteiger partial charge is 0.294 e. The van der Waals surface area contributed by atoms with Crippen LogP contribution in [0.3, 0.4) is 0 Å². The minimum absolute atomic E-state index is 0.197. The van der Waals surface area contributed by atoms with Gasteiger partial charge in [0, 0.05) is 11.9 Å². The van der Waals surface area contributed by atoms with Gasteiger partial charge in [0.2, 0.25) is 5.91 Å². The quantitative estimate of drug-likeness (QED) is 0.384. The van der Waals surface area contributed by atoms with Crippen molar-refractivity contribution in [1.82, 2.24) is 10.4 Å². The number of halogens is 1. The lowest BCUT2D eigenvalue weighted by molar-refractivity contribution is -0.122. The number of amides is 1. The summed E-state index contributed by atoms with van der Waals surface area (Å²) in [6, 6.07) is 11.5. The zero-order valence-electron chi connectivity index (χ0n) is 11.5. The first-order chi connectivity index (χ1) is 10.1. The molecule has 1 heterocycles. The van der Waals surface area contributed by atoms with Gasteiger partial charge in [0.05, 0.1) is 10.9 Å². The average Bonchev–Trinajstić information content (AvgIpc) is 2.53. The number of carbonyl (C=O) groups excluding carboxylic acids is 1. The van der Waals surface area contributed by atoms with E-state index in [4.69, 9.17) is 17.4 Å². The lowest BCUT2D eigenvalue weighted by Crippen LogP contribution is -2.33. The molecule has 1 atom stereocenters. The molecule has 1 aromatic heterocycles. The number of hydrogen-bond acceptors (Lipinski definition) is 4. The summed E-state index contributed by atoms with van der Waals surface area (Å²) >= 11 is 7.65. The average molecular weight is 322 g/mol. The fourth-order valence-electron chi connectivity index (χ4n) is 1.81. The molecule has 0 saturated carbocycles. The van der Waals surface area contributed by atoms with E-state index in [2.05, 4.69) is 10.4 Å². The number of thioether (sulfide) groups is 1. The molecule has 2 aromatic rings. The van der Waals surface area contributed by atoms with Crippen LogP contribution in [-0.2, 0) is 10.5 Å². The summed E-state index contributed by atoms with van der Waals surface area (Å²) < 4.78 is 0. The maximum atomic E-state index is 11.5. The van der Waals surface area contributed by atoms with Crippen molar-refractivity contribution in [2.24, 2.45) is 5.84 Å². The van der Waals surface area contributed by atoms with E-state index in [1.807, 2.05) is 43.3 Å². The Bertz CT molecular complexity index is 619. The maximum Gasteiger partial charge on any atom is 0.241 e. The maximum absolute atomic E-state index is 11.5. The molecular weight excluding hydrogens is 306 g/mol. The molecule has 1 amide bonds. The lowest BCUT2D eigenvalue weighted by Gasteiger charge is -2.10. The van der Waals surface area contributed by atoms with E-state index in [0.29, 0.717) is 5.02 Å². The molecule has 0 aliphatic carbocycles. The fourth-order valence-corrected chi connectivity index (χ4v) is 2.93. The Labute approximate surface area is 133 Å². The molecule has 0 aliphatic heterocycles. The molecule has 6 heteroatoms. The van der Waals surface area contributed by atoms with Crippen LogP contribution in [0.15, 0.2) is 47.6 Å². The molecular formula is C15H16ClN3OS. The number of hydrogen-bond donors (Lipinski definition) is 2. The van der Waals surface area contributed by atoms with Crippen molar-refractivity contribution in [3.8, 4) is 0 Å². The van der Waals surface area contributed by atoms with Crippen LogP contribution in [-0.4, -0.2) is 10.9 Å². The van der Waals surface area contributed by atoms with Crippen LogP contribution in [0.2, 0.25) is 5.02 Å². The van der Waals surface area contributed by atoms with E-state index < -0.39 is 0 Å². The number of benzene rings is 1. The van der Waals surface area contributed by atoms with Gasteiger partial charge in [0.15, 0.2) is 0 Å². The zero-order valence-corrected chi connectivity index (χ0v) is 13.1. The van der Waals surface area contributed by atoms with Gasteiger partial charge in [-0.15, -0.1) is 11.8 Å². The Morgan fingerprint density at radius 3 is 2.71 bits per heavy atom. The van der Waals surface area contributed by atoms with Crippen molar-refractivity contribution < 1.29 is 4.79 Å². The van der Waals surface area contributed by atoms with Crippen LogP contribution in [0.1, 0.15) is 24.0 Å². The van der Waals surface area contributed by atoms with Crippen molar-refractivity contribution >= 4 is 29.3 Å². The predicted molar refractivity (Wildman–Crippen MR) is 86.0 cm³/mol. The summed E-state index contributed by atoms with van der Waals surface area (Å²) in [7, 11) is 0. The van der Waals surface area contributed by atoms with Gasteiger partial charge < -0.3 is 0 Å². The molecule has 110 valence electrons. The second-order valence-corrected chi connectivity index (χ2v) is 5.92. The van der Waals surface area contributed by atoms with Gasteiger partial charge in [0.25, 0.3) is 0 Å². The third kappa shape index (κ3) is 4.20. The van der Waals surface area contributed by atoms with Crippen LogP contribution in [0, 0.1) is 0 Å².